The Morgan fingerprint density at radius 2 is 2.18 bits per heavy atom. The molecule has 0 saturated carbocycles. The first-order valence-corrected chi connectivity index (χ1v) is 7.09. The highest BCUT2D eigenvalue weighted by molar-refractivity contribution is 6.08. The highest BCUT2D eigenvalue weighted by atomic mass is 16.5. The minimum absolute atomic E-state index is 0.273. The van der Waals surface area contributed by atoms with Gasteiger partial charge in [-0.05, 0) is 31.0 Å². The maximum absolute atomic E-state index is 12.8. The number of amides is 1. The summed E-state index contributed by atoms with van der Waals surface area (Å²) in [5, 5.41) is 9.92. The molecule has 1 aliphatic rings. The van der Waals surface area contributed by atoms with Gasteiger partial charge >= 0.3 is 5.97 Å². The molecule has 6 nitrogen and oxygen atoms in total. The first-order chi connectivity index (χ1) is 10.6. The van der Waals surface area contributed by atoms with Crippen LogP contribution in [0.3, 0.4) is 0 Å². The third-order valence-electron chi connectivity index (χ3n) is 3.98. The number of pyridine rings is 1. The van der Waals surface area contributed by atoms with Crippen molar-refractivity contribution in [1.82, 2.24) is 9.88 Å². The number of benzene rings is 1. The van der Waals surface area contributed by atoms with Gasteiger partial charge in [0, 0.05) is 23.7 Å². The van der Waals surface area contributed by atoms with E-state index in [1.165, 1.54) is 4.90 Å². The van der Waals surface area contributed by atoms with Gasteiger partial charge in [-0.25, -0.2) is 4.79 Å². The molecule has 1 atom stereocenters. The molecule has 114 valence electrons. The fourth-order valence-electron chi connectivity index (χ4n) is 2.92. The minimum atomic E-state index is -0.957. The summed E-state index contributed by atoms with van der Waals surface area (Å²) in [6.07, 6.45) is 2.83. The molecule has 6 heteroatoms. The molecule has 1 aromatic carbocycles. The quantitative estimate of drug-likeness (QED) is 0.937. The summed E-state index contributed by atoms with van der Waals surface area (Å²) in [6.45, 7) is 0.462. The number of nitrogens with zero attached hydrogens (tertiary/aromatic N) is 2. The second-order valence-corrected chi connectivity index (χ2v) is 5.21. The van der Waals surface area contributed by atoms with Crippen molar-refractivity contribution in [1.29, 1.82) is 0 Å². The lowest BCUT2D eigenvalue weighted by Crippen LogP contribution is -2.40. The van der Waals surface area contributed by atoms with Crippen LogP contribution in [0.4, 0.5) is 0 Å². The van der Waals surface area contributed by atoms with Gasteiger partial charge in [0.25, 0.3) is 5.91 Å². The number of carbonyl (C=O) groups is 2. The van der Waals surface area contributed by atoms with E-state index in [9.17, 15) is 14.7 Å². The van der Waals surface area contributed by atoms with Crippen molar-refractivity contribution < 1.29 is 19.4 Å². The number of carbonyl (C=O) groups excluding carboxylic acids is 1. The van der Waals surface area contributed by atoms with Crippen LogP contribution in [0, 0.1) is 0 Å². The largest absolute Gasteiger partial charge is 0.494 e. The number of hydrogen-bond donors (Lipinski definition) is 1. The topological polar surface area (TPSA) is 79.7 Å². The summed E-state index contributed by atoms with van der Waals surface area (Å²) in [6, 6.07) is 6.15. The summed E-state index contributed by atoms with van der Waals surface area (Å²) in [7, 11) is 1.55. The average molecular weight is 300 g/mol. The molecule has 1 saturated heterocycles. The Labute approximate surface area is 127 Å². The van der Waals surface area contributed by atoms with Crippen molar-refractivity contribution in [2.75, 3.05) is 13.7 Å². The number of fused-ring (bicyclic) bond motifs is 1. The van der Waals surface area contributed by atoms with E-state index in [0.29, 0.717) is 41.6 Å². The molecule has 0 spiro atoms. The molecule has 0 radical (unpaired) electrons. The monoisotopic (exact) mass is 300 g/mol. The predicted molar refractivity (Wildman–Crippen MR) is 80.0 cm³/mol. The molecule has 1 unspecified atom stereocenters. The van der Waals surface area contributed by atoms with Crippen molar-refractivity contribution in [3.05, 3.63) is 36.0 Å². The van der Waals surface area contributed by atoms with Gasteiger partial charge in [-0.3, -0.25) is 9.78 Å². The highest BCUT2D eigenvalue weighted by Gasteiger charge is 2.35. The van der Waals surface area contributed by atoms with Crippen LogP contribution in [0.15, 0.2) is 30.5 Å². The first-order valence-electron chi connectivity index (χ1n) is 7.09. The van der Waals surface area contributed by atoms with E-state index in [0.717, 1.165) is 0 Å². The molecule has 1 fully saturated rings. The van der Waals surface area contributed by atoms with Crippen molar-refractivity contribution in [3.63, 3.8) is 0 Å². The van der Waals surface area contributed by atoms with Crippen LogP contribution in [0.2, 0.25) is 0 Å². The van der Waals surface area contributed by atoms with Gasteiger partial charge in [-0.1, -0.05) is 6.07 Å². The summed E-state index contributed by atoms with van der Waals surface area (Å²) in [5.74, 6) is -0.643. The van der Waals surface area contributed by atoms with Gasteiger partial charge in [-0.15, -0.1) is 0 Å². The number of aliphatic carboxylic acids is 1. The standard InChI is InChI=1S/C16H16N2O4/c1-22-13-7-6-11(10-4-2-8-17-14(10)13)15(19)18-9-3-5-12(18)16(20)21/h2,4,6-8,12H,3,5,9H2,1H3,(H,20,21). The fourth-order valence-corrected chi connectivity index (χ4v) is 2.92. The maximum atomic E-state index is 12.8. The molecule has 2 heterocycles. The molecule has 0 aliphatic carbocycles. The van der Waals surface area contributed by atoms with E-state index >= 15 is 0 Å². The van der Waals surface area contributed by atoms with E-state index in [-0.39, 0.29) is 5.91 Å². The van der Waals surface area contributed by atoms with Crippen LogP contribution in [-0.2, 0) is 4.79 Å². The van der Waals surface area contributed by atoms with E-state index in [1.54, 1.807) is 37.6 Å². The van der Waals surface area contributed by atoms with E-state index < -0.39 is 12.0 Å². The van der Waals surface area contributed by atoms with Gasteiger partial charge in [0.1, 0.15) is 17.3 Å². The molecule has 1 amide bonds. The van der Waals surface area contributed by atoms with Gasteiger partial charge < -0.3 is 14.7 Å². The Kier molecular flexibility index (Phi) is 3.66. The lowest BCUT2D eigenvalue weighted by molar-refractivity contribution is -0.141. The van der Waals surface area contributed by atoms with Crippen LogP contribution in [-0.4, -0.2) is 46.6 Å². The van der Waals surface area contributed by atoms with Gasteiger partial charge in [0.05, 0.1) is 7.11 Å². The summed E-state index contributed by atoms with van der Waals surface area (Å²) >= 11 is 0. The molecular formula is C16H16N2O4. The van der Waals surface area contributed by atoms with Crippen LogP contribution < -0.4 is 4.74 Å². The summed E-state index contributed by atoms with van der Waals surface area (Å²) in [5.41, 5.74) is 1.05. The zero-order chi connectivity index (χ0) is 15.7. The number of carboxylic acid groups (broad SMARTS) is 1. The lowest BCUT2D eigenvalue weighted by Gasteiger charge is -2.22. The van der Waals surface area contributed by atoms with Crippen molar-refractivity contribution in [2.24, 2.45) is 0 Å². The molecule has 1 N–H and O–H groups in total. The number of hydrogen-bond acceptors (Lipinski definition) is 4. The molecular weight excluding hydrogens is 284 g/mol. The molecule has 3 rings (SSSR count). The van der Waals surface area contributed by atoms with Gasteiger partial charge in [0.15, 0.2) is 0 Å². The Balaban J connectivity index is 2.07. The average Bonchev–Trinajstić information content (AvgIpc) is 3.03. The normalized spacial score (nSPS) is 17.7. The first kappa shape index (κ1) is 14.3. The second kappa shape index (κ2) is 5.63. The maximum Gasteiger partial charge on any atom is 0.326 e. The zero-order valence-corrected chi connectivity index (χ0v) is 12.2. The summed E-state index contributed by atoms with van der Waals surface area (Å²) in [4.78, 5) is 29.7. The van der Waals surface area contributed by atoms with Gasteiger partial charge in [-0.2, -0.15) is 0 Å². The minimum Gasteiger partial charge on any atom is -0.494 e. The van der Waals surface area contributed by atoms with Crippen molar-refractivity contribution >= 4 is 22.8 Å². The molecule has 2 aromatic rings. The van der Waals surface area contributed by atoms with Crippen LogP contribution in [0.25, 0.3) is 10.9 Å². The SMILES string of the molecule is COc1ccc(C(=O)N2CCCC2C(=O)O)c2cccnc12. The van der Waals surface area contributed by atoms with Crippen LogP contribution >= 0.6 is 0 Å². The van der Waals surface area contributed by atoms with Crippen LogP contribution in [0.5, 0.6) is 5.75 Å². The summed E-state index contributed by atoms with van der Waals surface area (Å²) < 4.78 is 5.27. The van der Waals surface area contributed by atoms with Crippen molar-refractivity contribution in [2.45, 2.75) is 18.9 Å². The number of carboxylic acids is 1. The van der Waals surface area contributed by atoms with Gasteiger partial charge in [0.2, 0.25) is 0 Å². The third-order valence-corrected chi connectivity index (χ3v) is 3.98. The predicted octanol–water partition coefficient (Wildman–Crippen LogP) is 1.93. The molecule has 1 aliphatic heterocycles. The molecule has 22 heavy (non-hydrogen) atoms. The number of methoxy groups -OCH3 is 1. The second-order valence-electron chi connectivity index (χ2n) is 5.21. The Hall–Kier alpha value is -2.63. The number of likely N-dealkylation sites (tertiary alicyclic amines) is 1. The van der Waals surface area contributed by atoms with E-state index in [2.05, 4.69) is 4.98 Å². The fraction of sp³-hybridized carbons (Fsp3) is 0.312. The smallest absolute Gasteiger partial charge is 0.326 e. The number of ether oxygens (including phenoxy) is 1. The lowest BCUT2D eigenvalue weighted by atomic mass is 10.1. The van der Waals surface area contributed by atoms with E-state index in [1.807, 2.05) is 0 Å². The molecule has 1 aromatic heterocycles. The van der Waals surface area contributed by atoms with Crippen LogP contribution in [0.1, 0.15) is 23.2 Å². The zero-order valence-electron chi connectivity index (χ0n) is 12.2. The Morgan fingerprint density at radius 3 is 2.91 bits per heavy atom. The third kappa shape index (κ3) is 2.26. The number of rotatable bonds is 3. The van der Waals surface area contributed by atoms with Crippen molar-refractivity contribution in [3.8, 4) is 5.75 Å². The molecule has 0 bridgehead atoms. The Bertz CT molecular complexity index is 744. The number of aromatic nitrogens is 1. The highest BCUT2D eigenvalue weighted by Crippen LogP contribution is 2.29. The van der Waals surface area contributed by atoms with E-state index in [4.69, 9.17) is 4.74 Å². The Morgan fingerprint density at radius 1 is 1.36 bits per heavy atom.